The second-order valence-corrected chi connectivity index (χ2v) is 4.86. The topological polar surface area (TPSA) is 67.4 Å². The summed E-state index contributed by atoms with van der Waals surface area (Å²) in [5.41, 5.74) is 1.80. The molecule has 0 spiro atoms. The Kier molecular flexibility index (Phi) is 5.74. The largest absolute Gasteiger partial charge is 0.492 e. The number of ether oxygens (including phenoxy) is 1. The van der Waals surface area contributed by atoms with Gasteiger partial charge < -0.3 is 15.4 Å². The first kappa shape index (κ1) is 16.5. The van der Waals surface area contributed by atoms with Crippen molar-refractivity contribution in [1.82, 2.24) is 0 Å². The van der Waals surface area contributed by atoms with E-state index in [2.05, 4.69) is 10.6 Å². The van der Waals surface area contributed by atoms with Crippen LogP contribution in [-0.2, 0) is 4.79 Å². The van der Waals surface area contributed by atoms with Gasteiger partial charge in [0.2, 0.25) is 5.91 Å². The molecule has 0 unspecified atom stereocenters. The number of nitrogens with one attached hydrogen (secondary N) is 2. The lowest BCUT2D eigenvalue weighted by Crippen LogP contribution is -2.13. The Balaban J connectivity index is 2.08. The molecule has 120 valence electrons. The van der Waals surface area contributed by atoms with Crippen molar-refractivity contribution in [3.8, 4) is 5.75 Å². The normalized spacial score (nSPS) is 10.0. The van der Waals surface area contributed by atoms with E-state index in [0.29, 0.717) is 35.7 Å². The Hall–Kier alpha value is -2.82. The standard InChI is InChI=1S/C18H20N2O3/c1-3-17(21)19-14-11-9-13(10-12-14)18(22)20-15-7-5-6-8-16(15)23-4-2/h5-12H,3-4H2,1-2H3,(H,19,21)(H,20,22). The van der Waals surface area contributed by atoms with Crippen molar-refractivity contribution >= 4 is 23.2 Å². The number of anilines is 2. The number of carbonyl (C=O) groups is 2. The zero-order chi connectivity index (χ0) is 16.7. The SMILES string of the molecule is CCOc1ccccc1NC(=O)c1ccc(NC(=O)CC)cc1. The fourth-order valence-electron chi connectivity index (χ4n) is 2.00. The molecule has 2 N–H and O–H groups in total. The van der Waals surface area contributed by atoms with Crippen LogP contribution in [0.15, 0.2) is 48.5 Å². The minimum absolute atomic E-state index is 0.0622. The number of amides is 2. The third-order valence-corrected chi connectivity index (χ3v) is 3.19. The summed E-state index contributed by atoms with van der Waals surface area (Å²) in [7, 11) is 0. The predicted octanol–water partition coefficient (Wildman–Crippen LogP) is 3.69. The van der Waals surface area contributed by atoms with Gasteiger partial charge in [-0.1, -0.05) is 19.1 Å². The van der Waals surface area contributed by atoms with Gasteiger partial charge in [0.1, 0.15) is 5.75 Å². The van der Waals surface area contributed by atoms with Crippen molar-refractivity contribution in [3.05, 3.63) is 54.1 Å². The molecule has 2 amide bonds. The van der Waals surface area contributed by atoms with E-state index in [1.54, 1.807) is 37.3 Å². The van der Waals surface area contributed by atoms with E-state index in [1.807, 2.05) is 25.1 Å². The molecule has 5 heteroatoms. The van der Waals surface area contributed by atoms with E-state index < -0.39 is 0 Å². The molecule has 0 aliphatic heterocycles. The lowest BCUT2D eigenvalue weighted by molar-refractivity contribution is -0.115. The van der Waals surface area contributed by atoms with Crippen molar-refractivity contribution < 1.29 is 14.3 Å². The number of hydrogen-bond acceptors (Lipinski definition) is 3. The molecule has 2 rings (SSSR count). The van der Waals surface area contributed by atoms with Gasteiger partial charge in [0.25, 0.3) is 5.91 Å². The summed E-state index contributed by atoms with van der Waals surface area (Å²) in [6, 6.07) is 14.0. The van der Waals surface area contributed by atoms with Crippen LogP contribution in [0.1, 0.15) is 30.6 Å². The van der Waals surface area contributed by atoms with Gasteiger partial charge in [-0.2, -0.15) is 0 Å². The number of rotatable bonds is 6. The van der Waals surface area contributed by atoms with Crippen LogP contribution in [0.3, 0.4) is 0 Å². The smallest absolute Gasteiger partial charge is 0.255 e. The van der Waals surface area contributed by atoms with Gasteiger partial charge >= 0.3 is 0 Å². The Labute approximate surface area is 135 Å². The monoisotopic (exact) mass is 312 g/mol. The van der Waals surface area contributed by atoms with Gasteiger partial charge in [0.05, 0.1) is 12.3 Å². The van der Waals surface area contributed by atoms with Crippen molar-refractivity contribution in [1.29, 1.82) is 0 Å². The predicted molar refractivity (Wildman–Crippen MR) is 90.9 cm³/mol. The van der Waals surface area contributed by atoms with E-state index in [9.17, 15) is 9.59 Å². The molecule has 0 aliphatic rings. The molecule has 0 aliphatic carbocycles. The van der Waals surface area contributed by atoms with Crippen LogP contribution < -0.4 is 15.4 Å². The first-order chi connectivity index (χ1) is 11.1. The molecule has 2 aromatic carbocycles. The fourth-order valence-corrected chi connectivity index (χ4v) is 2.00. The molecular formula is C18H20N2O3. The Morgan fingerprint density at radius 1 is 0.957 bits per heavy atom. The molecule has 0 saturated carbocycles. The molecule has 0 atom stereocenters. The van der Waals surface area contributed by atoms with Gasteiger partial charge in [-0.15, -0.1) is 0 Å². The molecule has 0 saturated heterocycles. The molecule has 0 radical (unpaired) electrons. The summed E-state index contributed by atoms with van der Waals surface area (Å²) in [6.07, 6.45) is 0.413. The highest BCUT2D eigenvalue weighted by Gasteiger charge is 2.10. The summed E-state index contributed by atoms with van der Waals surface area (Å²) < 4.78 is 5.49. The Bertz CT molecular complexity index is 681. The highest BCUT2D eigenvalue weighted by Crippen LogP contribution is 2.24. The zero-order valence-corrected chi connectivity index (χ0v) is 13.3. The van der Waals surface area contributed by atoms with E-state index in [1.165, 1.54) is 0 Å². The maximum atomic E-state index is 12.3. The van der Waals surface area contributed by atoms with Gasteiger partial charge in [0, 0.05) is 17.7 Å². The third-order valence-electron chi connectivity index (χ3n) is 3.19. The van der Waals surface area contributed by atoms with Crippen LogP contribution in [0, 0.1) is 0 Å². The van der Waals surface area contributed by atoms with Crippen LogP contribution >= 0.6 is 0 Å². The zero-order valence-electron chi connectivity index (χ0n) is 13.3. The average Bonchev–Trinajstić information content (AvgIpc) is 2.57. The van der Waals surface area contributed by atoms with Crippen LogP contribution in [-0.4, -0.2) is 18.4 Å². The van der Waals surface area contributed by atoms with E-state index in [4.69, 9.17) is 4.74 Å². The number of hydrogen-bond donors (Lipinski definition) is 2. The molecule has 2 aromatic rings. The fraction of sp³-hybridized carbons (Fsp3) is 0.222. The number of para-hydroxylation sites is 2. The average molecular weight is 312 g/mol. The van der Waals surface area contributed by atoms with Crippen molar-refractivity contribution in [2.75, 3.05) is 17.2 Å². The number of carbonyl (C=O) groups excluding carboxylic acids is 2. The van der Waals surface area contributed by atoms with Gasteiger partial charge in [-0.25, -0.2) is 0 Å². The van der Waals surface area contributed by atoms with Crippen molar-refractivity contribution in [2.24, 2.45) is 0 Å². The summed E-state index contributed by atoms with van der Waals surface area (Å²) >= 11 is 0. The lowest BCUT2D eigenvalue weighted by Gasteiger charge is -2.11. The van der Waals surface area contributed by atoms with E-state index >= 15 is 0 Å². The molecule has 0 heterocycles. The summed E-state index contributed by atoms with van der Waals surface area (Å²) in [4.78, 5) is 23.6. The molecule has 0 fully saturated rings. The maximum Gasteiger partial charge on any atom is 0.255 e. The first-order valence-corrected chi connectivity index (χ1v) is 7.57. The summed E-state index contributed by atoms with van der Waals surface area (Å²) in [6.45, 7) is 4.20. The molecule has 0 aromatic heterocycles. The van der Waals surface area contributed by atoms with Gasteiger partial charge in [-0.3, -0.25) is 9.59 Å². The second-order valence-electron chi connectivity index (χ2n) is 4.86. The third kappa shape index (κ3) is 4.57. The minimum Gasteiger partial charge on any atom is -0.492 e. The molecule has 0 bridgehead atoms. The summed E-state index contributed by atoms with van der Waals surface area (Å²) in [5.74, 6) is 0.341. The maximum absolute atomic E-state index is 12.3. The van der Waals surface area contributed by atoms with Crippen LogP contribution in [0.25, 0.3) is 0 Å². The highest BCUT2D eigenvalue weighted by atomic mass is 16.5. The molecular weight excluding hydrogens is 292 g/mol. The minimum atomic E-state index is -0.231. The van der Waals surface area contributed by atoms with Crippen LogP contribution in [0.5, 0.6) is 5.75 Å². The second kappa shape index (κ2) is 7.98. The van der Waals surface area contributed by atoms with Crippen molar-refractivity contribution in [3.63, 3.8) is 0 Å². The lowest BCUT2D eigenvalue weighted by atomic mass is 10.2. The Morgan fingerprint density at radius 3 is 2.30 bits per heavy atom. The van der Waals surface area contributed by atoms with Crippen LogP contribution in [0.2, 0.25) is 0 Å². The van der Waals surface area contributed by atoms with Gasteiger partial charge in [-0.05, 0) is 43.3 Å². The van der Waals surface area contributed by atoms with Gasteiger partial charge in [0.15, 0.2) is 0 Å². The van der Waals surface area contributed by atoms with Crippen LogP contribution in [0.4, 0.5) is 11.4 Å². The van der Waals surface area contributed by atoms with E-state index in [-0.39, 0.29) is 11.8 Å². The number of benzene rings is 2. The van der Waals surface area contributed by atoms with Crippen molar-refractivity contribution in [2.45, 2.75) is 20.3 Å². The Morgan fingerprint density at radius 2 is 1.65 bits per heavy atom. The quantitative estimate of drug-likeness (QED) is 0.855. The summed E-state index contributed by atoms with van der Waals surface area (Å²) in [5, 5.41) is 5.57. The highest BCUT2D eigenvalue weighted by molar-refractivity contribution is 6.05. The first-order valence-electron chi connectivity index (χ1n) is 7.57. The molecule has 23 heavy (non-hydrogen) atoms. The van der Waals surface area contributed by atoms with E-state index in [0.717, 1.165) is 0 Å². The molecule has 5 nitrogen and oxygen atoms in total.